The molecule has 170 valence electrons. The van der Waals surface area contributed by atoms with Crippen molar-refractivity contribution in [3.8, 4) is 10.9 Å². The summed E-state index contributed by atoms with van der Waals surface area (Å²) in [5.41, 5.74) is 3.50. The van der Waals surface area contributed by atoms with Gasteiger partial charge in [0, 0.05) is 29.9 Å². The Kier molecular flexibility index (Phi) is 6.10. The van der Waals surface area contributed by atoms with Crippen LogP contribution in [0.15, 0.2) is 83.8 Å². The van der Waals surface area contributed by atoms with E-state index in [2.05, 4.69) is 16.0 Å². The first-order valence-electron chi connectivity index (χ1n) is 11.0. The van der Waals surface area contributed by atoms with Gasteiger partial charge in [-0.3, -0.25) is 14.2 Å². The third kappa shape index (κ3) is 4.70. The molecule has 34 heavy (non-hydrogen) atoms. The SMILES string of the molecule is Cc1nc(-n2ccc(OCc3ccccc3)cc2=O)sc1C(=O)CCc1cc2ccccc2[nH]1. The highest BCUT2D eigenvalue weighted by Crippen LogP contribution is 2.24. The van der Waals surface area contributed by atoms with Crippen LogP contribution in [-0.2, 0) is 13.0 Å². The van der Waals surface area contributed by atoms with Gasteiger partial charge in [0.25, 0.3) is 5.56 Å². The summed E-state index contributed by atoms with van der Waals surface area (Å²) in [4.78, 5) is 34.0. The lowest BCUT2D eigenvalue weighted by atomic mass is 10.1. The van der Waals surface area contributed by atoms with Crippen LogP contribution in [0.25, 0.3) is 16.0 Å². The smallest absolute Gasteiger partial charge is 0.260 e. The molecule has 0 aliphatic heterocycles. The van der Waals surface area contributed by atoms with Gasteiger partial charge in [0.2, 0.25) is 0 Å². The van der Waals surface area contributed by atoms with E-state index < -0.39 is 0 Å². The van der Waals surface area contributed by atoms with E-state index in [1.165, 1.54) is 22.0 Å². The topological polar surface area (TPSA) is 77.0 Å². The first-order valence-corrected chi connectivity index (χ1v) is 11.9. The Morgan fingerprint density at radius 2 is 1.85 bits per heavy atom. The molecule has 6 nitrogen and oxygen atoms in total. The number of carbonyl (C=O) groups is 1. The van der Waals surface area contributed by atoms with E-state index in [-0.39, 0.29) is 11.3 Å². The van der Waals surface area contributed by atoms with Crippen molar-refractivity contribution in [1.29, 1.82) is 0 Å². The second-order valence-corrected chi connectivity index (χ2v) is 9.04. The van der Waals surface area contributed by atoms with Crippen LogP contribution in [0.5, 0.6) is 5.75 Å². The molecule has 0 saturated heterocycles. The highest BCUT2D eigenvalue weighted by atomic mass is 32.1. The minimum atomic E-state index is -0.253. The summed E-state index contributed by atoms with van der Waals surface area (Å²) in [7, 11) is 0. The number of thiazole rings is 1. The molecular weight excluding hydrogens is 446 g/mol. The molecule has 0 unspecified atom stereocenters. The number of aromatic nitrogens is 3. The van der Waals surface area contributed by atoms with Crippen molar-refractivity contribution in [2.75, 3.05) is 0 Å². The fraction of sp³-hybridized carbons (Fsp3) is 0.148. The molecule has 3 aromatic heterocycles. The van der Waals surface area contributed by atoms with E-state index in [4.69, 9.17) is 4.74 Å². The number of rotatable bonds is 8. The average molecular weight is 470 g/mol. The van der Waals surface area contributed by atoms with Crippen molar-refractivity contribution in [3.63, 3.8) is 0 Å². The van der Waals surface area contributed by atoms with Crippen molar-refractivity contribution in [2.24, 2.45) is 0 Å². The van der Waals surface area contributed by atoms with Crippen LogP contribution >= 0.6 is 11.3 Å². The van der Waals surface area contributed by atoms with E-state index in [0.717, 1.165) is 22.2 Å². The largest absolute Gasteiger partial charge is 0.489 e. The summed E-state index contributed by atoms with van der Waals surface area (Å²) in [6.07, 6.45) is 2.63. The number of benzene rings is 2. The van der Waals surface area contributed by atoms with Crippen molar-refractivity contribution in [3.05, 3.63) is 111 Å². The zero-order valence-electron chi connectivity index (χ0n) is 18.7. The highest BCUT2D eigenvalue weighted by molar-refractivity contribution is 7.16. The van der Waals surface area contributed by atoms with Crippen LogP contribution in [0.2, 0.25) is 0 Å². The zero-order valence-corrected chi connectivity index (χ0v) is 19.5. The number of ketones is 1. The van der Waals surface area contributed by atoms with Gasteiger partial charge < -0.3 is 9.72 Å². The number of carbonyl (C=O) groups excluding carboxylic acids is 1. The van der Waals surface area contributed by atoms with Gasteiger partial charge in [0.1, 0.15) is 12.4 Å². The number of para-hydroxylation sites is 1. The summed E-state index contributed by atoms with van der Waals surface area (Å²) in [6.45, 7) is 2.19. The zero-order chi connectivity index (χ0) is 23.5. The highest BCUT2D eigenvalue weighted by Gasteiger charge is 2.17. The van der Waals surface area contributed by atoms with Crippen LogP contribution in [-0.4, -0.2) is 20.3 Å². The standard InChI is InChI=1S/C27H23N3O3S/c1-18-26(24(31)12-11-21-15-20-9-5-6-10-23(20)29-21)34-27(28-18)30-14-13-22(16-25(30)32)33-17-19-7-3-2-4-8-19/h2-10,13-16,29H,11-12,17H2,1H3. The van der Waals surface area contributed by atoms with Crippen molar-refractivity contribution in [2.45, 2.75) is 26.4 Å². The number of aryl methyl sites for hydroxylation is 2. The molecule has 2 aromatic carbocycles. The predicted octanol–water partition coefficient (Wildman–Crippen LogP) is 5.48. The lowest BCUT2D eigenvalue weighted by Crippen LogP contribution is -2.16. The molecule has 0 saturated carbocycles. The van der Waals surface area contributed by atoms with Crippen molar-refractivity contribution < 1.29 is 9.53 Å². The predicted molar refractivity (Wildman–Crippen MR) is 134 cm³/mol. The maximum atomic E-state index is 12.9. The molecule has 3 heterocycles. The Balaban J connectivity index is 1.27. The number of nitrogens with zero attached hydrogens (tertiary/aromatic N) is 2. The Morgan fingerprint density at radius 3 is 2.65 bits per heavy atom. The van der Waals surface area contributed by atoms with Crippen molar-refractivity contribution >= 4 is 28.0 Å². The molecule has 7 heteroatoms. The number of aromatic amines is 1. The molecule has 0 aliphatic rings. The van der Waals surface area contributed by atoms with Gasteiger partial charge in [-0.2, -0.15) is 0 Å². The van der Waals surface area contributed by atoms with Gasteiger partial charge in [-0.25, -0.2) is 4.98 Å². The van der Waals surface area contributed by atoms with Crippen LogP contribution in [0, 0.1) is 6.92 Å². The first-order chi connectivity index (χ1) is 16.6. The van der Waals surface area contributed by atoms with Crippen LogP contribution < -0.4 is 10.3 Å². The summed E-state index contributed by atoms with van der Waals surface area (Å²) < 4.78 is 7.19. The molecule has 0 amide bonds. The maximum Gasteiger partial charge on any atom is 0.260 e. The molecule has 0 aliphatic carbocycles. The fourth-order valence-corrected chi connectivity index (χ4v) is 4.85. The molecule has 1 N–H and O–H groups in total. The molecule has 0 radical (unpaired) electrons. The van der Waals surface area contributed by atoms with Crippen molar-refractivity contribution in [1.82, 2.24) is 14.5 Å². The van der Waals surface area contributed by atoms with E-state index in [1.54, 1.807) is 19.2 Å². The van der Waals surface area contributed by atoms with E-state index in [1.807, 2.05) is 54.6 Å². The number of fused-ring (bicyclic) bond motifs is 1. The average Bonchev–Trinajstić information content (AvgIpc) is 3.45. The van der Waals surface area contributed by atoms with Crippen LogP contribution in [0.1, 0.15) is 33.0 Å². The second-order valence-electron chi connectivity index (χ2n) is 8.06. The van der Waals surface area contributed by atoms with E-state index >= 15 is 0 Å². The molecular formula is C27H23N3O3S. The van der Waals surface area contributed by atoms with Gasteiger partial charge in [0.15, 0.2) is 10.9 Å². The molecule has 0 atom stereocenters. The Labute approximate surface area is 200 Å². The lowest BCUT2D eigenvalue weighted by molar-refractivity contribution is 0.0985. The number of ether oxygens (including phenoxy) is 1. The Hall–Kier alpha value is -3.97. The molecule has 0 bridgehead atoms. The third-order valence-corrected chi connectivity index (χ3v) is 6.79. The summed E-state index contributed by atoms with van der Waals surface area (Å²) in [5.74, 6) is 0.517. The second kappa shape index (κ2) is 9.49. The maximum absolute atomic E-state index is 12.9. The number of H-pyrrole nitrogens is 1. The Morgan fingerprint density at radius 1 is 1.06 bits per heavy atom. The summed E-state index contributed by atoms with van der Waals surface area (Å²) in [6, 6.07) is 23.1. The minimum absolute atomic E-state index is 0.0239. The van der Waals surface area contributed by atoms with Crippen LogP contribution in [0.4, 0.5) is 0 Å². The monoisotopic (exact) mass is 469 g/mol. The van der Waals surface area contributed by atoms with Gasteiger partial charge in [-0.15, -0.1) is 0 Å². The van der Waals surface area contributed by atoms with Gasteiger partial charge >= 0.3 is 0 Å². The van der Waals surface area contributed by atoms with Gasteiger partial charge in [-0.1, -0.05) is 59.9 Å². The fourth-order valence-electron chi connectivity index (χ4n) is 3.82. The number of hydrogen-bond donors (Lipinski definition) is 1. The van der Waals surface area contributed by atoms with E-state index in [0.29, 0.717) is 40.9 Å². The minimum Gasteiger partial charge on any atom is -0.489 e. The quantitative estimate of drug-likeness (QED) is 0.305. The summed E-state index contributed by atoms with van der Waals surface area (Å²) >= 11 is 1.24. The number of hydrogen-bond acceptors (Lipinski definition) is 5. The normalized spacial score (nSPS) is 11.1. The van der Waals surface area contributed by atoms with Crippen LogP contribution in [0.3, 0.4) is 0 Å². The number of nitrogens with one attached hydrogen (secondary N) is 1. The van der Waals surface area contributed by atoms with Gasteiger partial charge in [0.05, 0.1) is 10.6 Å². The number of Topliss-reactive ketones (excluding diaryl/α,β-unsaturated/α-hetero) is 1. The molecule has 5 aromatic rings. The molecule has 0 fully saturated rings. The Bertz CT molecular complexity index is 1480. The lowest BCUT2D eigenvalue weighted by Gasteiger charge is -2.07. The third-order valence-electron chi connectivity index (χ3n) is 5.59. The van der Waals surface area contributed by atoms with E-state index in [9.17, 15) is 9.59 Å². The number of pyridine rings is 1. The molecule has 0 spiro atoms. The molecule has 5 rings (SSSR count). The summed E-state index contributed by atoms with van der Waals surface area (Å²) in [5, 5.41) is 1.61. The van der Waals surface area contributed by atoms with Gasteiger partial charge in [-0.05, 0) is 42.5 Å². The first kappa shape index (κ1) is 21.9.